The molecule has 0 radical (unpaired) electrons. The van der Waals surface area contributed by atoms with E-state index in [1.807, 2.05) is 6.07 Å². The largest absolute Gasteiger partial charge is 0.348 e. The second-order valence-corrected chi connectivity index (χ2v) is 6.09. The van der Waals surface area contributed by atoms with Crippen molar-refractivity contribution in [1.82, 2.24) is 10.3 Å². The summed E-state index contributed by atoms with van der Waals surface area (Å²) in [6.07, 6.45) is 0.116. The second-order valence-electron chi connectivity index (χ2n) is 6.09. The van der Waals surface area contributed by atoms with Crippen molar-refractivity contribution in [2.24, 2.45) is 0 Å². The first-order chi connectivity index (χ1) is 12.4. The van der Waals surface area contributed by atoms with E-state index < -0.39 is 5.82 Å². The molecular formula is C20H17FN2O3. The first kappa shape index (κ1) is 17.5. The van der Waals surface area contributed by atoms with Gasteiger partial charge in [0.15, 0.2) is 5.78 Å². The number of carbonyl (C=O) groups is 2. The molecule has 2 aromatic carbocycles. The van der Waals surface area contributed by atoms with Crippen molar-refractivity contribution in [2.45, 2.75) is 13.3 Å². The monoisotopic (exact) mass is 352 g/mol. The number of aromatic amines is 1. The smallest absolute Gasteiger partial charge is 0.251 e. The second kappa shape index (κ2) is 7.31. The standard InChI is InChI=1S/C20H17FN2O3/c1-12-8-15-9-13(2-7-17(15)23-20(12)26)10-19(25)22-11-18(24)14-3-5-16(21)6-4-14/h2-9H,10-11H2,1H3,(H,22,25)(H,23,26). The molecular weight excluding hydrogens is 335 g/mol. The highest BCUT2D eigenvalue weighted by atomic mass is 19.1. The fourth-order valence-electron chi connectivity index (χ4n) is 2.64. The SMILES string of the molecule is Cc1cc2cc(CC(=O)NCC(=O)c3ccc(F)cc3)ccc2[nH]c1=O. The van der Waals surface area contributed by atoms with E-state index in [2.05, 4.69) is 10.3 Å². The van der Waals surface area contributed by atoms with Crippen LogP contribution in [0.15, 0.2) is 53.3 Å². The lowest BCUT2D eigenvalue weighted by Crippen LogP contribution is -2.30. The molecule has 1 amide bonds. The average Bonchev–Trinajstić information content (AvgIpc) is 2.61. The van der Waals surface area contributed by atoms with Crippen LogP contribution in [-0.2, 0) is 11.2 Å². The Morgan fingerprint density at radius 2 is 1.81 bits per heavy atom. The number of pyridine rings is 1. The number of benzene rings is 2. The molecule has 1 aromatic heterocycles. The van der Waals surface area contributed by atoms with Gasteiger partial charge in [-0.15, -0.1) is 0 Å². The normalized spacial score (nSPS) is 10.7. The van der Waals surface area contributed by atoms with Crippen LogP contribution in [0.2, 0.25) is 0 Å². The van der Waals surface area contributed by atoms with Crippen LogP contribution in [0.5, 0.6) is 0 Å². The number of aromatic nitrogens is 1. The summed E-state index contributed by atoms with van der Waals surface area (Å²) in [6.45, 7) is 1.57. The number of halogens is 1. The molecule has 6 heteroatoms. The minimum Gasteiger partial charge on any atom is -0.348 e. The number of hydrogen-bond donors (Lipinski definition) is 2. The van der Waals surface area contributed by atoms with Gasteiger partial charge in [-0.25, -0.2) is 4.39 Å². The van der Waals surface area contributed by atoms with Crippen molar-refractivity contribution < 1.29 is 14.0 Å². The number of fused-ring (bicyclic) bond motifs is 1. The van der Waals surface area contributed by atoms with Gasteiger partial charge in [0, 0.05) is 16.6 Å². The van der Waals surface area contributed by atoms with E-state index in [9.17, 15) is 18.8 Å². The summed E-state index contributed by atoms with van der Waals surface area (Å²) < 4.78 is 12.9. The van der Waals surface area contributed by atoms with Crippen molar-refractivity contribution in [3.05, 3.63) is 81.4 Å². The molecule has 0 atom stereocenters. The van der Waals surface area contributed by atoms with E-state index in [1.165, 1.54) is 24.3 Å². The van der Waals surface area contributed by atoms with Gasteiger partial charge in [-0.05, 0) is 60.3 Å². The van der Waals surface area contributed by atoms with E-state index in [-0.39, 0.29) is 30.2 Å². The van der Waals surface area contributed by atoms with Crippen molar-refractivity contribution in [3.8, 4) is 0 Å². The van der Waals surface area contributed by atoms with Crippen LogP contribution in [0.4, 0.5) is 4.39 Å². The van der Waals surface area contributed by atoms with Gasteiger partial charge >= 0.3 is 0 Å². The Morgan fingerprint density at radius 3 is 2.54 bits per heavy atom. The van der Waals surface area contributed by atoms with Gasteiger partial charge in [-0.1, -0.05) is 6.07 Å². The lowest BCUT2D eigenvalue weighted by Gasteiger charge is -2.07. The van der Waals surface area contributed by atoms with E-state index in [4.69, 9.17) is 0 Å². The van der Waals surface area contributed by atoms with Gasteiger partial charge in [0.25, 0.3) is 5.56 Å². The molecule has 0 saturated carbocycles. The number of amides is 1. The van der Waals surface area contributed by atoms with Crippen LogP contribution in [0.3, 0.4) is 0 Å². The molecule has 0 aliphatic carbocycles. The molecule has 5 nitrogen and oxygen atoms in total. The summed E-state index contributed by atoms with van der Waals surface area (Å²) in [5.74, 6) is -0.996. The third-order valence-electron chi connectivity index (χ3n) is 4.07. The molecule has 0 bridgehead atoms. The number of Topliss-reactive ketones (excluding diaryl/α,β-unsaturated/α-hetero) is 1. The molecule has 0 spiro atoms. The van der Waals surface area contributed by atoms with Crippen molar-refractivity contribution in [3.63, 3.8) is 0 Å². The van der Waals surface area contributed by atoms with E-state index >= 15 is 0 Å². The quantitative estimate of drug-likeness (QED) is 0.693. The molecule has 3 rings (SSSR count). The number of ketones is 1. The fraction of sp³-hybridized carbons (Fsp3) is 0.150. The number of hydrogen-bond acceptors (Lipinski definition) is 3. The molecule has 1 heterocycles. The zero-order valence-corrected chi connectivity index (χ0v) is 14.1. The first-order valence-electron chi connectivity index (χ1n) is 8.10. The van der Waals surface area contributed by atoms with E-state index in [0.717, 1.165) is 10.9 Å². The summed E-state index contributed by atoms with van der Waals surface area (Å²) in [7, 11) is 0. The van der Waals surface area contributed by atoms with Crippen LogP contribution in [-0.4, -0.2) is 23.2 Å². The van der Waals surface area contributed by atoms with Gasteiger partial charge in [-0.3, -0.25) is 14.4 Å². The molecule has 0 aliphatic heterocycles. The van der Waals surface area contributed by atoms with E-state index in [0.29, 0.717) is 16.6 Å². The molecule has 26 heavy (non-hydrogen) atoms. The van der Waals surface area contributed by atoms with E-state index in [1.54, 1.807) is 25.1 Å². The summed E-state index contributed by atoms with van der Waals surface area (Å²) in [5.41, 5.74) is 2.29. The molecule has 132 valence electrons. The Morgan fingerprint density at radius 1 is 1.08 bits per heavy atom. The highest BCUT2D eigenvalue weighted by Gasteiger charge is 2.10. The van der Waals surface area contributed by atoms with Crippen LogP contribution in [0.1, 0.15) is 21.5 Å². The molecule has 3 aromatic rings. The summed E-state index contributed by atoms with van der Waals surface area (Å²) in [5, 5.41) is 3.41. The number of aryl methyl sites for hydroxylation is 1. The van der Waals surface area contributed by atoms with Crippen LogP contribution >= 0.6 is 0 Å². The van der Waals surface area contributed by atoms with Crippen LogP contribution in [0, 0.1) is 12.7 Å². The van der Waals surface area contributed by atoms with Gasteiger partial charge < -0.3 is 10.3 Å². The minimum atomic E-state index is -0.418. The first-order valence-corrected chi connectivity index (χ1v) is 8.10. The van der Waals surface area contributed by atoms with Gasteiger partial charge in [0.2, 0.25) is 5.91 Å². The predicted octanol–water partition coefficient (Wildman–Crippen LogP) is 2.52. The molecule has 0 saturated heterocycles. The number of nitrogens with one attached hydrogen (secondary N) is 2. The van der Waals surface area contributed by atoms with Gasteiger partial charge in [-0.2, -0.15) is 0 Å². The maximum atomic E-state index is 12.9. The average molecular weight is 352 g/mol. The number of rotatable bonds is 5. The lowest BCUT2D eigenvalue weighted by molar-refractivity contribution is -0.120. The van der Waals surface area contributed by atoms with Crippen LogP contribution in [0.25, 0.3) is 10.9 Å². The number of H-pyrrole nitrogens is 1. The number of carbonyl (C=O) groups excluding carboxylic acids is 2. The Balaban J connectivity index is 1.63. The Labute approximate surface area is 148 Å². The highest BCUT2D eigenvalue weighted by Crippen LogP contribution is 2.14. The Hall–Kier alpha value is -3.28. The zero-order chi connectivity index (χ0) is 18.7. The maximum Gasteiger partial charge on any atom is 0.251 e. The minimum absolute atomic E-state index is 0.116. The van der Waals surface area contributed by atoms with Crippen molar-refractivity contribution in [1.29, 1.82) is 0 Å². The Bertz CT molecular complexity index is 1040. The van der Waals surface area contributed by atoms with Crippen molar-refractivity contribution in [2.75, 3.05) is 6.54 Å². The van der Waals surface area contributed by atoms with Crippen molar-refractivity contribution >= 4 is 22.6 Å². The summed E-state index contributed by atoms with van der Waals surface area (Å²) in [6, 6.07) is 12.3. The van der Waals surface area contributed by atoms with Crippen LogP contribution < -0.4 is 10.9 Å². The molecule has 2 N–H and O–H groups in total. The fourth-order valence-corrected chi connectivity index (χ4v) is 2.64. The molecule has 0 fully saturated rings. The van der Waals surface area contributed by atoms with Gasteiger partial charge in [0.05, 0.1) is 13.0 Å². The van der Waals surface area contributed by atoms with Gasteiger partial charge in [0.1, 0.15) is 5.82 Å². The zero-order valence-electron chi connectivity index (χ0n) is 14.1. The maximum absolute atomic E-state index is 12.9. The third-order valence-corrected chi connectivity index (χ3v) is 4.07. The molecule has 0 aliphatic rings. The third kappa shape index (κ3) is 4.03. The lowest BCUT2D eigenvalue weighted by atomic mass is 10.1. The Kier molecular flexibility index (Phi) is 4.93. The predicted molar refractivity (Wildman–Crippen MR) is 96.7 cm³/mol. The summed E-state index contributed by atoms with van der Waals surface area (Å²) >= 11 is 0. The topological polar surface area (TPSA) is 79.0 Å². The molecule has 0 unspecified atom stereocenters. The summed E-state index contributed by atoms with van der Waals surface area (Å²) in [4.78, 5) is 38.4. The highest BCUT2D eigenvalue weighted by molar-refractivity contribution is 5.99.